The van der Waals surface area contributed by atoms with Crippen molar-refractivity contribution in [2.45, 2.75) is 38.8 Å². The molecule has 8 heteroatoms. The molecule has 0 fully saturated rings. The largest absolute Gasteiger partial charge is 0.497 e. The highest BCUT2D eigenvalue weighted by molar-refractivity contribution is 7.10. The summed E-state index contributed by atoms with van der Waals surface area (Å²) in [4.78, 5) is 31.8. The lowest BCUT2D eigenvalue weighted by Crippen LogP contribution is -2.49. The van der Waals surface area contributed by atoms with Gasteiger partial charge in [-0.1, -0.05) is 19.1 Å². The number of benzene rings is 2. The SMILES string of the molecule is CC[C@H](C)N(CC(=O)N1CCc2sccc2[C@H]1COc1cccc(F)c1)C(=O)c1cccc(OC)c1. The molecular formula is C28H31FN2O4S. The quantitative estimate of drug-likeness (QED) is 0.390. The number of amides is 2. The van der Waals surface area contributed by atoms with Crippen molar-refractivity contribution >= 4 is 23.2 Å². The first-order chi connectivity index (χ1) is 17.4. The van der Waals surface area contributed by atoms with Gasteiger partial charge in [-0.05, 0) is 67.1 Å². The molecule has 1 aliphatic rings. The van der Waals surface area contributed by atoms with Crippen LogP contribution in [0.5, 0.6) is 11.5 Å². The Balaban J connectivity index is 1.55. The van der Waals surface area contributed by atoms with Crippen LogP contribution >= 0.6 is 11.3 Å². The standard InChI is InChI=1S/C28H31FN2O4S/c1-4-19(2)31(28(33)20-7-5-9-22(15-20)34-3)17-27(32)30-13-11-26-24(12-14-36-26)25(30)18-35-23-10-6-8-21(29)16-23/h5-10,12,14-16,19,25H,4,11,13,17-18H2,1-3H3/t19-,25+/m0/s1. The van der Waals surface area contributed by atoms with E-state index in [1.165, 1.54) is 17.0 Å². The Bertz CT molecular complexity index is 1210. The predicted octanol–water partition coefficient (Wildman–Crippen LogP) is 5.34. The van der Waals surface area contributed by atoms with E-state index in [0.29, 0.717) is 30.0 Å². The van der Waals surface area contributed by atoms with Gasteiger partial charge in [0, 0.05) is 29.1 Å². The molecule has 0 N–H and O–H groups in total. The molecule has 190 valence electrons. The summed E-state index contributed by atoms with van der Waals surface area (Å²) < 4.78 is 24.9. The maximum absolute atomic E-state index is 13.7. The third-order valence-electron chi connectivity index (χ3n) is 6.63. The molecule has 1 aliphatic heterocycles. The predicted molar refractivity (Wildman–Crippen MR) is 138 cm³/mol. The van der Waals surface area contributed by atoms with E-state index in [1.807, 2.05) is 25.3 Å². The Hall–Kier alpha value is -3.39. The number of hydrogen-bond acceptors (Lipinski definition) is 5. The molecule has 0 bridgehead atoms. The first-order valence-corrected chi connectivity index (χ1v) is 13.0. The molecule has 4 rings (SSSR count). The number of hydrogen-bond donors (Lipinski definition) is 0. The molecule has 36 heavy (non-hydrogen) atoms. The molecule has 1 aromatic heterocycles. The highest BCUT2D eigenvalue weighted by atomic mass is 32.1. The first-order valence-electron chi connectivity index (χ1n) is 12.1. The van der Waals surface area contributed by atoms with Crippen LogP contribution in [0, 0.1) is 5.82 Å². The van der Waals surface area contributed by atoms with Gasteiger partial charge in [0.15, 0.2) is 0 Å². The Morgan fingerprint density at radius 3 is 2.69 bits per heavy atom. The summed E-state index contributed by atoms with van der Waals surface area (Å²) in [6.45, 7) is 4.64. The zero-order chi connectivity index (χ0) is 25.7. The van der Waals surface area contributed by atoms with Crippen molar-refractivity contribution in [3.63, 3.8) is 0 Å². The molecular weight excluding hydrogens is 479 g/mol. The minimum atomic E-state index is -0.374. The highest BCUT2D eigenvalue weighted by Gasteiger charge is 2.34. The normalized spacial score (nSPS) is 15.7. The molecule has 6 nitrogen and oxygen atoms in total. The van der Waals surface area contributed by atoms with Crippen LogP contribution in [0.15, 0.2) is 60.0 Å². The molecule has 0 saturated heterocycles. The third-order valence-corrected chi connectivity index (χ3v) is 7.62. The highest BCUT2D eigenvalue weighted by Crippen LogP contribution is 2.34. The van der Waals surface area contributed by atoms with Crippen LogP contribution in [0.3, 0.4) is 0 Å². The zero-order valence-corrected chi connectivity index (χ0v) is 21.6. The summed E-state index contributed by atoms with van der Waals surface area (Å²) in [7, 11) is 1.56. The van der Waals surface area contributed by atoms with Crippen molar-refractivity contribution in [3.05, 3.63) is 81.8 Å². The van der Waals surface area contributed by atoms with Gasteiger partial charge in [0.25, 0.3) is 5.91 Å². The van der Waals surface area contributed by atoms with Crippen LogP contribution in [0.4, 0.5) is 4.39 Å². The molecule has 2 amide bonds. The summed E-state index contributed by atoms with van der Waals surface area (Å²) in [5, 5.41) is 2.02. The van der Waals surface area contributed by atoms with Gasteiger partial charge in [-0.2, -0.15) is 0 Å². The number of nitrogens with zero attached hydrogens (tertiary/aromatic N) is 2. The van der Waals surface area contributed by atoms with E-state index < -0.39 is 0 Å². The third kappa shape index (κ3) is 5.70. The van der Waals surface area contributed by atoms with Gasteiger partial charge in [-0.15, -0.1) is 11.3 Å². The Kier molecular flexibility index (Phi) is 8.25. The first kappa shape index (κ1) is 25.7. The molecule has 0 spiro atoms. The monoisotopic (exact) mass is 510 g/mol. The van der Waals surface area contributed by atoms with Crippen molar-refractivity contribution in [1.29, 1.82) is 0 Å². The van der Waals surface area contributed by atoms with Gasteiger partial charge in [-0.25, -0.2) is 4.39 Å². The minimum Gasteiger partial charge on any atom is -0.497 e. The van der Waals surface area contributed by atoms with Gasteiger partial charge >= 0.3 is 0 Å². The number of ether oxygens (including phenoxy) is 2. The van der Waals surface area contributed by atoms with Crippen molar-refractivity contribution in [3.8, 4) is 11.5 Å². The molecule has 0 saturated carbocycles. The van der Waals surface area contributed by atoms with Gasteiger partial charge in [0.05, 0.1) is 13.2 Å². The molecule has 2 atom stereocenters. The smallest absolute Gasteiger partial charge is 0.254 e. The number of halogens is 1. The van der Waals surface area contributed by atoms with Gasteiger partial charge in [0.2, 0.25) is 5.91 Å². The number of fused-ring (bicyclic) bond motifs is 1. The summed E-state index contributed by atoms with van der Waals surface area (Å²) in [5.41, 5.74) is 1.53. The van der Waals surface area contributed by atoms with Crippen LogP contribution in [-0.4, -0.2) is 54.5 Å². The average Bonchev–Trinajstić information content (AvgIpc) is 3.38. The molecule has 2 aromatic carbocycles. The number of rotatable bonds is 9. The molecule has 0 unspecified atom stereocenters. The fourth-order valence-electron chi connectivity index (χ4n) is 4.41. The van der Waals surface area contributed by atoms with E-state index in [-0.39, 0.29) is 42.9 Å². The van der Waals surface area contributed by atoms with E-state index in [9.17, 15) is 14.0 Å². The lowest BCUT2D eigenvalue weighted by Gasteiger charge is -2.38. The second kappa shape index (κ2) is 11.6. The lowest BCUT2D eigenvalue weighted by molar-refractivity contribution is -0.136. The number of carbonyl (C=O) groups excluding carboxylic acids is 2. The van der Waals surface area contributed by atoms with Crippen LogP contribution in [0.2, 0.25) is 0 Å². The number of methoxy groups -OCH3 is 1. The Morgan fingerprint density at radius 2 is 1.94 bits per heavy atom. The van der Waals surface area contributed by atoms with Crippen molar-refractivity contribution in [1.82, 2.24) is 9.80 Å². The van der Waals surface area contributed by atoms with E-state index in [4.69, 9.17) is 9.47 Å². The molecule has 2 heterocycles. The number of carbonyl (C=O) groups is 2. The van der Waals surface area contributed by atoms with Crippen molar-refractivity contribution in [2.75, 3.05) is 26.8 Å². The second-order valence-corrected chi connectivity index (χ2v) is 9.84. The van der Waals surface area contributed by atoms with E-state index >= 15 is 0 Å². The van der Waals surface area contributed by atoms with Crippen molar-refractivity contribution < 1.29 is 23.5 Å². The van der Waals surface area contributed by atoms with Gasteiger partial charge in [0.1, 0.15) is 30.5 Å². The van der Waals surface area contributed by atoms with Gasteiger partial charge in [-0.3, -0.25) is 9.59 Å². The van der Waals surface area contributed by atoms with Crippen LogP contribution in [0.1, 0.15) is 47.1 Å². The number of thiophene rings is 1. The maximum atomic E-state index is 13.7. The fourth-order valence-corrected chi connectivity index (χ4v) is 5.34. The Morgan fingerprint density at radius 1 is 1.17 bits per heavy atom. The Labute approximate surface area is 215 Å². The average molecular weight is 511 g/mol. The second-order valence-electron chi connectivity index (χ2n) is 8.84. The lowest BCUT2D eigenvalue weighted by atomic mass is 10.00. The fraction of sp³-hybridized carbons (Fsp3) is 0.357. The summed E-state index contributed by atoms with van der Waals surface area (Å²) in [6.07, 6.45) is 1.46. The molecule has 0 aliphatic carbocycles. The van der Waals surface area contributed by atoms with E-state index in [1.54, 1.807) is 64.6 Å². The van der Waals surface area contributed by atoms with Crippen LogP contribution in [0.25, 0.3) is 0 Å². The topological polar surface area (TPSA) is 59.1 Å². The molecule has 3 aromatic rings. The maximum Gasteiger partial charge on any atom is 0.254 e. The van der Waals surface area contributed by atoms with E-state index in [0.717, 1.165) is 12.0 Å². The van der Waals surface area contributed by atoms with Crippen molar-refractivity contribution in [2.24, 2.45) is 0 Å². The van der Waals surface area contributed by atoms with Crippen LogP contribution < -0.4 is 9.47 Å². The molecule has 0 radical (unpaired) electrons. The summed E-state index contributed by atoms with van der Waals surface area (Å²) in [6, 6.07) is 14.5. The zero-order valence-electron chi connectivity index (χ0n) is 20.8. The minimum absolute atomic E-state index is 0.0407. The van der Waals surface area contributed by atoms with Crippen LogP contribution in [-0.2, 0) is 11.2 Å². The van der Waals surface area contributed by atoms with Gasteiger partial charge < -0.3 is 19.3 Å². The van der Waals surface area contributed by atoms with E-state index in [2.05, 4.69) is 0 Å². The summed E-state index contributed by atoms with van der Waals surface area (Å²) >= 11 is 1.67. The summed E-state index contributed by atoms with van der Waals surface area (Å²) in [5.74, 6) is 0.278.